The summed E-state index contributed by atoms with van der Waals surface area (Å²) in [5.74, 6) is 3.45. The van der Waals surface area contributed by atoms with E-state index in [9.17, 15) is 0 Å². The smallest absolute Gasteiger partial charge is 0.203 e. The number of benzene rings is 4. The van der Waals surface area contributed by atoms with Gasteiger partial charge in [-0.15, -0.1) is 0 Å². The fraction of sp³-hybridized carbons (Fsp3) is 0.143. The molecule has 4 aromatic rings. The molecule has 0 saturated carbocycles. The van der Waals surface area contributed by atoms with Crippen molar-refractivity contribution >= 4 is 16.5 Å². The van der Waals surface area contributed by atoms with Gasteiger partial charge in [0.25, 0.3) is 0 Å². The molecule has 0 aromatic heterocycles. The maximum atomic E-state index is 6.41. The van der Waals surface area contributed by atoms with Crippen LogP contribution in [0.2, 0.25) is 0 Å². The molecule has 1 aliphatic heterocycles. The Labute approximate surface area is 187 Å². The monoisotopic (exact) mass is 424 g/mol. The number of methoxy groups -OCH3 is 3. The lowest BCUT2D eigenvalue weighted by atomic mass is 9.84. The normalized spacial score (nSPS) is 14.8. The van der Waals surface area contributed by atoms with E-state index in [2.05, 4.69) is 54.6 Å². The van der Waals surface area contributed by atoms with Crippen molar-refractivity contribution in [2.24, 2.45) is 0 Å². The van der Waals surface area contributed by atoms with Crippen LogP contribution in [0.5, 0.6) is 23.0 Å². The van der Waals surface area contributed by atoms with E-state index in [0.29, 0.717) is 17.2 Å². The molecule has 5 rings (SSSR count). The molecule has 160 valence electrons. The molecule has 4 heteroatoms. The van der Waals surface area contributed by atoms with Crippen molar-refractivity contribution < 1.29 is 18.9 Å². The van der Waals surface area contributed by atoms with Gasteiger partial charge in [-0.2, -0.15) is 0 Å². The molecule has 0 amide bonds. The highest BCUT2D eigenvalue weighted by atomic mass is 16.5. The second-order valence-corrected chi connectivity index (χ2v) is 7.63. The lowest BCUT2D eigenvalue weighted by molar-refractivity contribution is 0.323. The van der Waals surface area contributed by atoms with Gasteiger partial charge in [0.05, 0.1) is 21.3 Å². The van der Waals surface area contributed by atoms with Crippen molar-refractivity contribution in [2.75, 3.05) is 21.3 Å². The molecule has 0 radical (unpaired) electrons. The van der Waals surface area contributed by atoms with Gasteiger partial charge in [-0.25, -0.2) is 0 Å². The molecule has 1 atom stereocenters. The van der Waals surface area contributed by atoms with Crippen molar-refractivity contribution in [3.8, 4) is 23.0 Å². The van der Waals surface area contributed by atoms with E-state index in [1.54, 1.807) is 21.3 Å². The standard InChI is InChI=1S/C28H24O4/c1-29-25-15-20(16-26(30-2)28(25)31-3)22-17-24(19-10-5-4-6-11-19)32-23-14-13-18-9-7-8-12-21(18)27(22)23/h4-17,22H,1-3H3. The van der Waals surface area contributed by atoms with Gasteiger partial charge in [-0.1, -0.05) is 60.7 Å². The van der Waals surface area contributed by atoms with Crippen molar-refractivity contribution in [3.05, 3.63) is 102 Å². The van der Waals surface area contributed by atoms with Crippen LogP contribution in [-0.4, -0.2) is 21.3 Å². The van der Waals surface area contributed by atoms with Crippen molar-refractivity contribution in [1.29, 1.82) is 0 Å². The molecule has 0 spiro atoms. The first-order valence-corrected chi connectivity index (χ1v) is 10.5. The molecule has 4 nitrogen and oxygen atoms in total. The van der Waals surface area contributed by atoms with E-state index >= 15 is 0 Å². The van der Waals surface area contributed by atoms with Crippen LogP contribution in [0.1, 0.15) is 22.6 Å². The fourth-order valence-corrected chi connectivity index (χ4v) is 4.37. The molecule has 0 saturated heterocycles. The summed E-state index contributed by atoms with van der Waals surface area (Å²) in [7, 11) is 4.89. The molecule has 1 aliphatic rings. The lowest BCUT2D eigenvalue weighted by Gasteiger charge is -2.28. The molecule has 0 N–H and O–H groups in total. The summed E-state index contributed by atoms with van der Waals surface area (Å²) in [6, 6.07) is 26.7. The number of rotatable bonds is 5. The Morgan fingerprint density at radius 2 is 1.41 bits per heavy atom. The van der Waals surface area contributed by atoms with Crippen molar-refractivity contribution in [1.82, 2.24) is 0 Å². The minimum Gasteiger partial charge on any atom is -0.493 e. The van der Waals surface area contributed by atoms with Gasteiger partial charge < -0.3 is 18.9 Å². The Balaban J connectivity index is 1.77. The minimum absolute atomic E-state index is 0.0613. The number of allylic oxidation sites excluding steroid dienone is 1. The third-order valence-corrected chi connectivity index (χ3v) is 5.88. The van der Waals surface area contributed by atoms with Gasteiger partial charge in [-0.3, -0.25) is 0 Å². The second-order valence-electron chi connectivity index (χ2n) is 7.63. The molecule has 1 heterocycles. The third kappa shape index (κ3) is 3.34. The summed E-state index contributed by atoms with van der Waals surface area (Å²) in [4.78, 5) is 0. The molecule has 0 bridgehead atoms. The number of hydrogen-bond donors (Lipinski definition) is 0. The van der Waals surface area contributed by atoms with Crippen molar-refractivity contribution in [2.45, 2.75) is 5.92 Å². The maximum absolute atomic E-state index is 6.41. The highest BCUT2D eigenvalue weighted by molar-refractivity contribution is 5.90. The number of ether oxygens (including phenoxy) is 4. The topological polar surface area (TPSA) is 36.9 Å². The molecule has 32 heavy (non-hydrogen) atoms. The largest absolute Gasteiger partial charge is 0.493 e. The number of hydrogen-bond acceptors (Lipinski definition) is 4. The first-order chi connectivity index (χ1) is 15.7. The zero-order valence-electron chi connectivity index (χ0n) is 18.3. The van der Waals surface area contributed by atoms with Crippen molar-refractivity contribution in [3.63, 3.8) is 0 Å². The van der Waals surface area contributed by atoms with E-state index in [0.717, 1.165) is 33.6 Å². The third-order valence-electron chi connectivity index (χ3n) is 5.88. The molecular weight excluding hydrogens is 400 g/mol. The van der Waals surface area contributed by atoms with Crippen LogP contribution < -0.4 is 18.9 Å². The lowest BCUT2D eigenvalue weighted by Crippen LogP contribution is -2.11. The highest BCUT2D eigenvalue weighted by Gasteiger charge is 2.28. The summed E-state index contributed by atoms with van der Waals surface area (Å²) in [6.45, 7) is 0. The summed E-state index contributed by atoms with van der Waals surface area (Å²) in [5, 5.41) is 2.33. The van der Waals surface area contributed by atoms with Crippen LogP contribution >= 0.6 is 0 Å². The molecular formula is C28H24O4. The number of fused-ring (bicyclic) bond motifs is 3. The Bertz CT molecular complexity index is 1280. The van der Waals surface area contributed by atoms with E-state index in [1.165, 1.54) is 5.39 Å². The van der Waals surface area contributed by atoms with E-state index in [-0.39, 0.29) is 5.92 Å². The zero-order chi connectivity index (χ0) is 22.1. The average Bonchev–Trinajstić information content (AvgIpc) is 2.87. The average molecular weight is 424 g/mol. The second kappa shape index (κ2) is 8.31. The quantitative estimate of drug-likeness (QED) is 0.370. The Kier molecular flexibility index (Phi) is 5.20. The minimum atomic E-state index is -0.0613. The van der Waals surface area contributed by atoms with Crippen LogP contribution in [0.15, 0.2) is 84.9 Å². The van der Waals surface area contributed by atoms with Crippen LogP contribution in [0.3, 0.4) is 0 Å². The maximum Gasteiger partial charge on any atom is 0.203 e. The zero-order valence-corrected chi connectivity index (χ0v) is 18.3. The summed E-state index contributed by atoms with van der Waals surface area (Å²) >= 11 is 0. The van der Waals surface area contributed by atoms with Gasteiger partial charge in [0, 0.05) is 17.0 Å². The molecule has 0 aliphatic carbocycles. The summed E-state index contributed by atoms with van der Waals surface area (Å²) in [6.07, 6.45) is 2.17. The van der Waals surface area contributed by atoms with Gasteiger partial charge in [-0.05, 0) is 40.6 Å². The van der Waals surface area contributed by atoms with Gasteiger partial charge in [0.15, 0.2) is 11.5 Å². The summed E-state index contributed by atoms with van der Waals surface area (Å²) in [5.41, 5.74) is 3.19. The molecule has 1 unspecified atom stereocenters. The van der Waals surface area contributed by atoms with E-state index in [4.69, 9.17) is 18.9 Å². The van der Waals surface area contributed by atoms with E-state index in [1.807, 2.05) is 30.3 Å². The summed E-state index contributed by atoms with van der Waals surface area (Å²) < 4.78 is 23.2. The van der Waals surface area contributed by atoms with Gasteiger partial charge in [0.1, 0.15) is 11.5 Å². The van der Waals surface area contributed by atoms with Gasteiger partial charge in [0.2, 0.25) is 5.75 Å². The predicted molar refractivity (Wildman–Crippen MR) is 127 cm³/mol. The molecule has 0 fully saturated rings. The van der Waals surface area contributed by atoms with E-state index < -0.39 is 0 Å². The molecule has 4 aromatic carbocycles. The first kappa shape index (κ1) is 20.0. The Morgan fingerprint density at radius 3 is 2.09 bits per heavy atom. The highest BCUT2D eigenvalue weighted by Crippen LogP contribution is 2.48. The Hall–Kier alpha value is -3.92. The van der Waals surface area contributed by atoms with Crippen LogP contribution in [0.25, 0.3) is 16.5 Å². The first-order valence-electron chi connectivity index (χ1n) is 10.5. The predicted octanol–water partition coefficient (Wildman–Crippen LogP) is 6.43. The SMILES string of the molecule is COc1cc(C2C=C(c3ccccc3)Oc3ccc4ccccc4c32)cc(OC)c1OC. The van der Waals surface area contributed by atoms with Crippen LogP contribution in [0.4, 0.5) is 0 Å². The van der Waals surface area contributed by atoms with Crippen LogP contribution in [-0.2, 0) is 0 Å². The fourth-order valence-electron chi connectivity index (χ4n) is 4.37. The Morgan fingerprint density at radius 1 is 0.719 bits per heavy atom. The van der Waals surface area contributed by atoms with Gasteiger partial charge >= 0.3 is 0 Å². The van der Waals surface area contributed by atoms with Crippen LogP contribution in [0, 0.1) is 0 Å².